The molecule has 0 radical (unpaired) electrons. The zero-order valence-electron chi connectivity index (χ0n) is 24.3. The summed E-state index contributed by atoms with van der Waals surface area (Å²) in [7, 11) is 1.66. The second-order valence-corrected chi connectivity index (χ2v) is 10.6. The number of hydrogen-bond donors (Lipinski definition) is 3. The highest BCUT2D eigenvalue weighted by molar-refractivity contribution is 6.00. The number of carboxylic acids is 1. The Bertz CT molecular complexity index is 1790. The zero-order valence-corrected chi connectivity index (χ0v) is 24.3. The van der Waals surface area contributed by atoms with Gasteiger partial charge in [-0.25, -0.2) is 13.6 Å². The van der Waals surface area contributed by atoms with Crippen LogP contribution in [0.2, 0.25) is 0 Å². The van der Waals surface area contributed by atoms with Crippen molar-refractivity contribution >= 4 is 28.3 Å². The van der Waals surface area contributed by atoms with E-state index in [1.165, 1.54) is 11.5 Å². The van der Waals surface area contributed by atoms with Crippen LogP contribution in [0.25, 0.3) is 21.9 Å². The van der Waals surface area contributed by atoms with Crippen LogP contribution in [0.15, 0.2) is 59.4 Å². The van der Waals surface area contributed by atoms with Crippen molar-refractivity contribution in [1.82, 2.24) is 9.88 Å². The van der Waals surface area contributed by atoms with Crippen molar-refractivity contribution in [3.8, 4) is 11.1 Å². The number of amides is 1. The topological polar surface area (TPSA) is 100 Å². The number of hydrogen-bond acceptors (Lipinski definition) is 4. The van der Waals surface area contributed by atoms with Gasteiger partial charge >= 0.3 is 12.1 Å². The third-order valence-corrected chi connectivity index (χ3v) is 7.59. The molecule has 12 heteroatoms. The van der Waals surface area contributed by atoms with Crippen molar-refractivity contribution < 1.29 is 36.6 Å². The largest absolute Gasteiger partial charge is 0.480 e. The zero-order chi connectivity index (χ0) is 32.5. The fourth-order valence-corrected chi connectivity index (χ4v) is 5.20. The molecule has 1 aromatic heterocycles. The Labute approximate surface area is 249 Å². The number of carbonyl (C=O) groups excluding carboxylic acids is 1. The van der Waals surface area contributed by atoms with Gasteiger partial charge in [0.1, 0.15) is 29.3 Å². The highest BCUT2D eigenvalue weighted by atomic mass is 19.4. The Hall–Kier alpha value is -4.74. The summed E-state index contributed by atoms with van der Waals surface area (Å²) >= 11 is 0. The number of rotatable bonds is 9. The number of aliphatic carboxylic acids is 1. The van der Waals surface area contributed by atoms with E-state index in [1.54, 1.807) is 43.4 Å². The molecule has 0 spiro atoms. The lowest BCUT2D eigenvalue weighted by Gasteiger charge is -2.22. The molecular formula is C32H30F5N3O4. The van der Waals surface area contributed by atoms with Crippen LogP contribution in [0, 0.1) is 25.5 Å². The molecule has 0 saturated heterocycles. The van der Waals surface area contributed by atoms with Crippen molar-refractivity contribution in [3.05, 3.63) is 99.0 Å². The van der Waals surface area contributed by atoms with E-state index in [0.717, 1.165) is 11.3 Å². The summed E-state index contributed by atoms with van der Waals surface area (Å²) in [6.45, 7) is 4.88. The number of anilines is 1. The molecule has 3 N–H and O–H groups in total. The summed E-state index contributed by atoms with van der Waals surface area (Å²) in [6, 6.07) is 9.61. The molecule has 0 saturated carbocycles. The van der Waals surface area contributed by atoms with Crippen LogP contribution < -0.4 is 16.2 Å². The first-order valence-electron chi connectivity index (χ1n) is 13.7. The third kappa shape index (κ3) is 6.43. The first kappa shape index (κ1) is 32.2. The minimum atomic E-state index is -4.68. The maximum atomic E-state index is 14.8. The quantitative estimate of drug-likeness (QED) is 0.193. The van der Waals surface area contributed by atoms with Crippen LogP contribution in [-0.2, 0) is 18.3 Å². The molecule has 0 aliphatic heterocycles. The van der Waals surface area contributed by atoms with E-state index in [-0.39, 0.29) is 12.0 Å². The van der Waals surface area contributed by atoms with Gasteiger partial charge in [0.25, 0.3) is 11.5 Å². The van der Waals surface area contributed by atoms with Gasteiger partial charge in [0.2, 0.25) is 0 Å². The molecule has 44 heavy (non-hydrogen) atoms. The molecule has 3 aromatic carbocycles. The SMILES string of the molecule is CCC(Nc1cc(F)c(C(=O)NC(Cc2ccc(-c3c(C)cc(C)n(C)c3=O)c3ccccc23)C(=O)O)c(F)c1)C(F)(F)F. The van der Waals surface area contributed by atoms with Crippen molar-refractivity contribution in [1.29, 1.82) is 0 Å². The van der Waals surface area contributed by atoms with E-state index in [9.17, 15) is 41.4 Å². The molecular weight excluding hydrogens is 585 g/mol. The third-order valence-electron chi connectivity index (χ3n) is 7.59. The molecule has 1 heterocycles. The molecule has 0 aliphatic rings. The summed E-state index contributed by atoms with van der Waals surface area (Å²) < 4.78 is 70.5. The van der Waals surface area contributed by atoms with Gasteiger partial charge in [-0.3, -0.25) is 9.59 Å². The summed E-state index contributed by atoms with van der Waals surface area (Å²) in [4.78, 5) is 38.2. The number of benzene rings is 3. The molecule has 232 valence electrons. The number of pyridine rings is 1. The van der Waals surface area contributed by atoms with Gasteiger partial charge in [-0.05, 0) is 65.9 Å². The number of fused-ring (bicyclic) bond motifs is 1. The molecule has 1 amide bonds. The maximum absolute atomic E-state index is 14.8. The van der Waals surface area contributed by atoms with E-state index >= 15 is 0 Å². The van der Waals surface area contributed by atoms with Crippen molar-refractivity contribution in [3.63, 3.8) is 0 Å². The van der Waals surface area contributed by atoms with Gasteiger partial charge in [0.15, 0.2) is 0 Å². The average molecular weight is 616 g/mol. The number of nitrogens with zero attached hydrogens (tertiary/aromatic N) is 1. The number of aromatic nitrogens is 1. The van der Waals surface area contributed by atoms with Crippen molar-refractivity contribution in [2.45, 2.75) is 51.9 Å². The van der Waals surface area contributed by atoms with Crippen LogP contribution in [-0.4, -0.2) is 39.8 Å². The van der Waals surface area contributed by atoms with E-state index in [4.69, 9.17) is 0 Å². The Kier molecular flexibility index (Phi) is 9.12. The molecule has 4 rings (SSSR count). The number of halogens is 5. The van der Waals surface area contributed by atoms with Crippen LogP contribution in [0.4, 0.5) is 27.6 Å². The normalized spacial score (nSPS) is 13.0. The number of alkyl halides is 3. The van der Waals surface area contributed by atoms with Crippen LogP contribution in [0.3, 0.4) is 0 Å². The molecule has 4 aromatic rings. The van der Waals surface area contributed by atoms with Crippen LogP contribution in [0.1, 0.15) is 40.5 Å². The van der Waals surface area contributed by atoms with E-state index in [1.807, 2.05) is 25.2 Å². The van der Waals surface area contributed by atoms with Gasteiger partial charge in [-0.2, -0.15) is 13.2 Å². The predicted molar refractivity (Wildman–Crippen MR) is 157 cm³/mol. The molecule has 0 bridgehead atoms. The number of nitrogens with one attached hydrogen (secondary N) is 2. The van der Waals surface area contributed by atoms with E-state index in [2.05, 4.69) is 5.32 Å². The smallest absolute Gasteiger partial charge is 0.408 e. The molecule has 0 aliphatic carbocycles. The van der Waals surface area contributed by atoms with Crippen LogP contribution >= 0.6 is 0 Å². The Morgan fingerprint density at radius 1 is 0.977 bits per heavy atom. The maximum Gasteiger partial charge on any atom is 0.408 e. The highest BCUT2D eigenvalue weighted by Crippen LogP contribution is 2.32. The molecule has 2 atom stereocenters. The van der Waals surface area contributed by atoms with E-state index in [0.29, 0.717) is 39.6 Å². The molecule has 2 unspecified atom stereocenters. The minimum absolute atomic E-state index is 0.204. The Morgan fingerprint density at radius 3 is 2.16 bits per heavy atom. The monoisotopic (exact) mass is 615 g/mol. The summed E-state index contributed by atoms with van der Waals surface area (Å²) in [6.07, 6.45) is -5.37. The second kappa shape index (κ2) is 12.5. The van der Waals surface area contributed by atoms with Crippen molar-refractivity contribution in [2.24, 2.45) is 7.05 Å². The second-order valence-electron chi connectivity index (χ2n) is 10.6. The lowest BCUT2D eigenvalue weighted by Crippen LogP contribution is -2.43. The summed E-state index contributed by atoms with van der Waals surface area (Å²) in [5.41, 5.74) is 1.27. The van der Waals surface area contributed by atoms with Gasteiger partial charge < -0.3 is 20.3 Å². The summed E-state index contributed by atoms with van der Waals surface area (Å²) in [5, 5.41) is 15.3. The first-order chi connectivity index (χ1) is 20.6. The highest BCUT2D eigenvalue weighted by Gasteiger charge is 2.38. The van der Waals surface area contributed by atoms with Gasteiger partial charge in [-0.1, -0.05) is 43.3 Å². The standard InChI is InChI=1S/C32H30F5N3O4/c1-5-26(32(35,36)37)38-19-14-23(33)28(24(34)15-19)29(41)39-25(31(43)44)13-18-10-11-22(21-9-7-6-8-20(18)21)27-16(2)12-17(3)40(4)30(27)42/h6-12,14-15,25-26,38H,5,13H2,1-4H3,(H,39,41)(H,43,44). The molecule has 7 nitrogen and oxygen atoms in total. The summed E-state index contributed by atoms with van der Waals surface area (Å²) in [5.74, 6) is -5.79. The predicted octanol–water partition coefficient (Wildman–Crippen LogP) is 6.28. The average Bonchev–Trinajstić information content (AvgIpc) is 2.94. The molecule has 0 fully saturated rings. The fraction of sp³-hybridized carbons (Fsp3) is 0.281. The van der Waals surface area contributed by atoms with Gasteiger partial charge in [0.05, 0.1) is 5.56 Å². The lowest BCUT2D eigenvalue weighted by molar-refractivity contribution is -0.143. The number of carbonyl (C=O) groups is 2. The number of aryl methyl sites for hydroxylation is 2. The van der Waals surface area contributed by atoms with Gasteiger partial charge in [-0.15, -0.1) is 0 Å². The minimum Gasteiger partial charge on any atom is -0.480 e. The fourth-order valence-electron chi connectivity index (χ4n) is 5.20. The number of carboxylic acid groups (broad SMARTS) is 1. The lowest BCUT2D eigenvalue weighted by atomic mass is 9.91. The Balaban J connectivity index is 1.66. The van der Waals surface area contributed by atoms with Gasteiger partial charge in [0, 0.05) is 24.8 Å². The van der Waals surface area contributed by atoms with Crippen molar-refractivity contribution in [2.75, 3.05) is 5.32 Å². The van der Waals surface area contributed by atoms with E-state index < -0.39 is 59.4 Å². The first-order valence-corrected chi connectivity index (χ1v) is 13.7. The van der Waals surface area contributed by atoms with Crippen LogP contribution in [0.5, 0.6) is 0 Å². The Morgan fingerprint density at radius 2 is 1.59 bits per heavy atom.